The van der Waals surface area contributed by atoms with E-state index in [1.807, 2.05) is 61.1 Å². The zero-order chi connectivity index (χ0) is 27.8. The fourth-order valence-corrected chi connectivity index (χ4v) is 6.40. The van der Waals surface area contributed by atoms with E-state index in [0.29, 0.717) is 20.6 Å². The van der Waals surface area contributed by atoms with Crippen molar-refractivity contribution in [2.24, 2.45) is 4.99 Å². The standard InChI is InChI=1S/C30H28FN3O3S2/c1-6-37-29(36)26-18(3)32-30-34(27(26)20-7-13-24(38-5)14-8-20)28(35)25(39-30)16-21-15-17(2)33(19(21)4)23-11-9-22(31)10-12-23/h7-16,27H,6H2,1-5H3/b25-16-. The largest absolute Gasteiger partial charge is 0.463 e. The number of hydrogen-bond donors (Lipinski definition) is 0. The Morgan fingerprint density at radius 1 is 1.13 bits per heavy atom. The molecule has 9 heteroatoms. The van der Waals surface area contributed by atoms with Crippen LogP contribution < -0.4 is 14.9 Å². The normalized spacial score (nSPS) is 15.3. The van der Waals surface area contributed by atoms with Crippen LogP contribution in [0.5, 0.6) is 0 Å². The van der Waals surface area contributed by atoms with Gasteiger partial charge in [0, 0.05) is 22.0 Å². The molecule has 0 saturated carbocycles. The highest BCUT2D eigenvalue weighted by Crippen LogP contribution is 2.31. The molecule has 1 aliphatic rings. The van der Waals surface area contributed by atoms with Gasteiger partial charge >= 0.3 is 5.97 Å². The molecule has 200 valence electrons. The minimum absolute atomic E-state index is 0.224. The van der Waals surface area contributed by atoms with Crippen LogP contribution in [0.25, 0.3) is 11.8 Å². The molecule has 0 N–H and O–H groups in total. The van der Waals surface area contributed by atoms with Gasteiger partial charge in [-0.25, -0.2) is 14.2 Å². The Hall–Kier alpha value is -3.69. The second-order valence-electron chi connectivity index (χ2n) is 9.21. The van der Waals surface area contributed by atoms with Crippen LogP contribution in [0.2, 0.25) is 0 Å². The molecular formula is C30H28FN3O3S2. The van der Waals surface area contributed by atoms with Gasteiger partial charge in [-0.3, -0.25) is 9.36 Å². The molecule has 0 radical (unpaired) electrons. The molecule has 1 unspecified atom stereocenters. The van der Waals surface area contributed by atoms with E-state index < -0.39 is 12.0 Å². The monoisotopic (exact) mass is 561 g/mol. The first-order chi connectivity index (χ1) is 18.7. The molecule has 3 heterocycles. The summed E-state index contributed by atoms with van der Waals surface area (Å²) in [5.41, 5.74) is 5.10. The van der Waals surface area contributed by atoms with E-state index in [4.69, 9.17) is 4.74 Å². The van der Waals surface area contributed by atoms with Crippen LogP contribution >= 0.6 is 23.1 Å². The number of thiazole rings is 1. The quantitative estimate of drug-likeness (QED) is 0.244. The topological polar surface area (TPSA) is 65.6 Å². The molecular weight excluding hydrogens is 533 g/mol. The number of esters is 1. The third-order valence-corrected chi connectivity index (χ3v) is 8.52. The minimum Gasteiger partial charge on any atom is -0.463 e. The molecule has 0 bridgehead atoms. The Labute approximate surface area is 233 Å². The van der Waals surface area contributed by atoms with E-state index >= 15 is 0 Å². The van der Waals surface area contributed by atoms with Gasteiger partial charge in [-0.15, -0.1) is 11.8 Å². The molecule has 2 aromatic heterocycles. The number of allylic oxidation sites excluding steroid dienone is 1. The summed E-state index contributed by atoms with van der Waals surface area (Å²) >= 11 is 2.92. The predicted octanol–water partition coefficient (Wildman–Crippen LogP) is 5.07. The third-order valence-electron chi connectivity index (χ3n) is 6.79. The van der Waals surface area contributed by atoms with Gasteiger partial charge in [0.05, 0.1) is 28.5 Å². The van der Waals surface area contributed by atoms with Crippen molar-refractivity contribution in [2.75, 3.05) is 12.9 Å². The lowest BCUT2D eigenvalue weighted by Crippen LogP contribution is -2.39. The average molecular weight is 562 g/mol. The lowest BCUT2D eigenvalue weighted by molar-refractivity contribution is -0.139. The molecule has 5 rings (SSSR count). The number of aromatic nitrogens is 2. The lowest BCUT2D eigenvalue weighted by Gasteiger charge is -2.24. The number of ether oxygens (including phenoxy) is 1. The first-order valence-corrected chi connectivity index (χ1v) is 14.6. The number of nitrogens with zero attached hydrogens (tertiary/aromatic N) is 3. The van der Waals surface area contributed by atoms with Crippen LogP contribution in [-0.2, 0) is 9.53 Å². The van der Waals surface area contributed by atoms with Crippen molar-refractivity contribution >= 4 is 35.1 Å². The summed E-state index contributed by atoms with van der Waals surface area (Å²) in [4.78, 5) is 33.3. The summed E-state index contributed by atoms with van der Waals surface area (Å²) in [6.07, 6.45) is 3.86. The molecule has 0 saturated heterocycles. The van der Waals surface area contributed by atoms with E-state index in [1.54, 1.807) is 42.3 Å². The molecule has 4 aromatic rings. The number of halogens is 1. The maximum absolute atomic E-state index is 13.9. The number of benzene rings is 2. The van der Waals surface area contributed by atoms with E-state index in [0.717, 1.165) is 33.1 Å². The van der Waals surface area contributed by atoms with Crippen LogP contribution in [0, 0.1) is 19.7 Å². The van der Waals surface area contributed by atoms with Gasteiger partial charge in [0.2, 0.25) is 0 Å². The second kappa shape index (κ2) is 10.8. The van der Waals surface area contributed by atoms with Crippen LogP contribution in [0.15, 0.2) is 80.5 Å². The Morgan fingerprint density at radius 2 is 1.82 bits per heavy atom. The van der Waals surface area contributed by atoms with E-state index in [9.17, 15) is 14.0 Å². The lowest BCUT2D eigenvalue weighted by atomic mass is 9.96. The fraction of sp³-hybridized carbons (Fsp3) is 0.233. The Balaban J connectivity index is 1.68. The van der Waals surface area contributed by atoms with Crippen molar-refractivity contribution in [3.05, 3.63) is 114 Å². The molecule has 1 atom stereocenters. The average Bonchev–Trinajstić information content (AvgIpc) is 3.38. The number of thioether (sulfide) groups is 1. The molecule has 2 aromatic carbocycles. The molecule has 0 aliphatic carbocycles. The number of fused-ring (bicyclic) bond motifs is 1. The smallest absolute Gasteiger partial charge is 0.338 e. The molecule has 39 heavy (non-hydrogen) atoms. The summed E-state index contributed by atoms with van der Waals surface area (Å²) < 4.78 is 23.0. The zero-order valence-corrected chi connectivity index (χ0v) is 24.0. The fourth-order valence-electron chi connectivity index (χ4n) is 4.96. The number of carbonyl (C=O) groups excluding carboxylic acids is 1. The van der Waals surface area contributed by atoms with Gasteiger partial charge in [-0.1, -0.05) is 23.5 Å². The number of carbonyl (C=O) groups is 1. The molecule has 0 fully saturated rings. The van der Waals surface area contributed by atoms with Gasteiger partial charge in [-0.2, -0.15) is 0 Å². The molecule has 6 nitrogen and oxygen atoms in total. The van der Waals surface area contributed by atoms with E-state index in [-0.39, 0.29) is 18.0 Å². The minimum atomic E-state index is -0.648. The van der Waals surface area contributed by atoms with Crippen molar-refractivity contribution < 1.29 is 13.9 Å². The van der Waals surface area contributed by atoms with Gasteiger partial charge < -0.3 is 9.30 Å². The first kappa shape index (κ1) is 26.9. The number of hydrogen-bond acceptors (Lipinski definition) is 6. The predicted molar refractivity (Wildman–Crippen MR) is 154 cm³/mol. The zero-order valence-electron chi connectivity index (χ0n) is 22.3. The van der Waals surface area contributed by atoms with Crippen molar-refractivity contribution in [2.45, 2.75) is 38.6 Å². The number of rotatable bonds is 6. The van der Waals surface area contributed by atoms with Crippen molar-refractivity contribution in [3.63, 3.8) is 0 Å². The van der Waals surface area contributed by atoms with Gasteiger partial charge in [0.25, 0.3) is 5.56 Å². The van der Waals surface area contributed by atoms with Gasteiger partial charge in [0.1, 0.15) is 5.82 Å². The maximum atomic E-state index is 13.9. The van der Waals surface area contributed by atoms with Crippen LogP contribution in [0.1, 0.15) is 42.4 Å². The second-order valence-corrected chi connectivity index (χ2v) is 11.1. The van der Waals surface area contributed by atoms with E-state index in [2.05, 4.69) is 4.99 Å². The van der Waals surface area contributed by atoms with Crippen LogP contribution in [-0.4, -0.2) is 28.0 Å². The summed E-state index contributed by atoms with van der Waals surface area (Å²) in [6.45, 7) is 7.71. The Kier molecular flexibility index (Phi) is 7.46. The highest BCUT2D eigenvalue weighted by atomic mass is 32.2. The van der Waals surface area contributed by atoms with Crippen LogP contribution in [0.4, 0.5) is 4.39 Å². The Bertz CT molecular complexity index is 1780. The number of aryl methyl sites for hydroxylation is 1. The molecule has 1 aliphatic heterocycles. The highest BCUT2D eigenvalue weighted by molar-refractivity contribution is 7.98. The summed E-state index contributed by atoms with van der Waals surface area (Å²) in [5.74, 6) is -0.771. The van der Waals surface area contributed by atoms with Crippen molar-refractivity contribution in [1.29, 1.82) is 0 Å². The van der Waals surface area contributed by atoms with Crippen LogP contribution in [0.3, 0.4) is 0 Å². The van der Waals surface area contributed by atoms with Crippen molar-refractivity contribution in [1.82, 2.24) is 9.13 Å². The molecule has 0 amide bonds. The first-order valence-electron chi connectivity index (χ1n) is 12.5. The molecule has 0 spiro atoms. The summed E-state index contributed by atoms with van der Waals surface area (Å²) in [7, 11) is 0. The van der Waals surface area contributed by atoms with Crippen molar-refractivity contribution in [3.8, 4) is 5.69 Å². The summed E-state index contributed by atoms with van der Waals surface area (Å²) in [5, 5.41) is 0. The SMILES string of the molecule is CCOC(=O)C1=C(C)N=c2s/c(=C\c3cc(C)n(-c4ccc(F)cc4)c3C)c(=O)n2C1c1ccc(SC)cc1. The van der Waals surface area contributed by atoms with E-state index in [1.165, 1.54) is 23.5 Å². The Morgan fingerprint density at radius 3 is 2.46 bits per heavy atom. The van der Waals surface area contributed by atoms with Gasteiger partial charge in [-0.05, 0) is 93.6 Å². The maximum Gasteiger partial charge on any atom is 0.338 e. The van der Waals surface area contributed by atoms with Gasteiger partial charge in [0.15, 0.2) is 4.80 Å². The highest BCUT2D eigenvalue weighted by Gasteiger charge is 2.33. The third kappa shape index (κ3) is 4.92. The summed E-state index contributed by atoms with van der Waals surface area (Å²) in [6, 6.07) is 15.5.